The molecule has 0 saturated carbocycles. The SMILES string of the molecule is CC1CN(C)c2ccccc2CN1CC(=O)NCC(=O)O. The van der Waals surface area contributed by atoms with E-state index < -0.39 is 5.97 Å². The molecular formula is C15H21N3O3. The summed E-state index contributed by atoms with van der Waals surface area (Å²) in [5.74, 6) is -1.29. The Hall–Kier alpha value is -2.08. The molecule has 6 nitrogen and oxygen atoms in total. The van der Waals surface area contributed by atoms with Crippen LogP contribution in [0.25, 0.3) is 0 Å². The largest absolute Gasteiger partial charge is 0.480 e. The second-order valence-electron chi connectivity index (χ2n) is 5.43. The fraction of sp³-hybridized carbons (Fsp3) is 0.467. The van der Waals surface area contributed by atoms with Crippen molar-refractivity contribution in [2.75, 3.05) is 31.6 Å². The van der Waals surface area contributed by atoms with Crippen molar-refractivity contribution in [1.29, 1.82) is 0 Å². The minimum atomic E-state index is -1.03. The van der Waals surface area contributed by atoms with Gasteiger partial charge in [0.15, 0.2) is 0 Å². The Morgan fingerprint density at radius 1 is 1.38 bits per heavy atom. The zero-order valence-corrected chi connectivity index (χ0v) is 12.4. The summed E-state index contributed by atoms with van der Waals surface area (Å²) >= 11 is 0. The number of carbonyl (C=O) groups excluding carboxylic acids is 1. The number of benzene rings is 1. The molecule has 114 valence electrons. The molecule has 2 rings (SSSR count). The van der Waals surface area contributed by atoms with E-state index >= 15 is 0 Å². The fourth-order valence-corrected chi connectivity index (χ4v) is 2.63. The first-order chi connectivity index (χ1) is 9.97. The van der Waals surface area contributed by atoms with Crippen LogP contribution in [0.3, 0.4) is 0 Å². The standard InChI is InChI=1S/C15H21N3O3/c1-11-8-17(2)13-6-4-3-5-12(13)9-18(11)10-14(19)16-7-15(20)21/h3-6,11H,7-10H2,1-2H3,(H,16,19)(H,20,21). The van der Waals surface area contributed by atoms with Crippen LogP contribution in [0.4, 0.5) is 5.69 Å². The smallest absolute Gasteiger partial charge is 0.322 e. The number of para-hydroxylation sites is 1. The Kier molecular flexibility index (Phi) is 4.80. The summed E-state index contributed by atoms with van der Waals surface area (Å²) in [6.45, 7) is 3.45. The lowest BCUT2D eigenvalue weighted by atomic mass is 10.1. The molecule has 6 heteroatoms. The summed E-state index contributed by atoms with van der Waals surface area (Å²) in [7, 11) is 2.04. The number of nitrogens with one attached hydrogen (secondary N) is 1. The van der Waals surface area contributed by atoms with Crippen molar-refractivity contribution in [3.05, 3.63) is 29.8 Å². The van der Waals surface area contributed by atoms with Gasteiger partial charge in [0.25, 0.3) is 0 Å². The van der Waals surface area contributed by atoms with E-state index in [0.717, 1.165) is 6.54 Å². The van der Waals surface area contributed by atoms with E-state index in [2.05, 4.69) is 34.2 Å². The van der Waals surface area contributed by atoms with E-state index in [9.17, 15) is 9.59 Å². The number of rotatable bonds is 4. The van der Waals surface area contributed by atoms with E-state index in [0.29, 0.717) is 6.54 Å². The Morgan fingerprint density at radius 3 is 2.81 bits per heavy atom. The van der Waals surface area contributed by atoms with Crippen LogP contribution in [0.1, 0.15) is 12.5 Å². The van der Waals surface area contributed by atoms with Crippen LogP contribution < -0.4 is 10.2 Å². The molecule has 0 aliphatic carbocycles. The van der Waals surface area contributed by atoms with Crippen LogP contribution in [-0.4, -0.2) is 54.6 Å². The quantitative estimate of drug-likeness (QED) is 0.846. The first kappa shape index (κ1) is 15.3. The lowest BCUT2D eigenvalue weighted by Gasteiger charge is -2.27. The van der Waals surface area contributed by atoms with Gasteiger partial charge in [0.05, 0.1) is 6.54 Å². The second kappa shape index (κ2) is 6.58. The molecule has 0 spiro atoms. The zero-order valence-electron chi connectivity index (χ0n) is 12.4. The van der Waals surface area contributed by atoms with Gasteiger partial charge in [-0.05, 0) is 18.6 Å². The molecule has 1 unspecified atom stereocenters. The maximum absolute atomic E-state index is 11.8. The van der Waals surface area contributed by atoms with Gasteiger partial charge >= 0.3 is 5.97 Å². The van der Waals surface area contributed by atoms with Gasteiger partial charge in [-0.25, -0.2) is 0 Å². The number of likely N-dealkylation sites (N-methyl/N-ethyl adjacent to an activating group) is 1. The average molecular weight is 291 g/mol. The normalized spacial score (nSPS) is 18.8. The third kappa shape index (κ3) is 3.95. The third-order valence-electron chi connectivity index (χ3n) is 3.72. The van der Waals surface area contributed by atoms with E-state index in [1.807, 2.05) is 19.2 Å². The minimum Gasteiger partial charge on any atom is -0.480 e. The van der Waals surface area contributed by atoms with Crippen molar-refractivity contribution in [2.24, 2.45) is 0 Å². The summed E-state index contributed by atoms with van der Waals surface area (Å²) < 4.78 is 0. The van der Waals surface area contributed by atoms with Crippen molar-refractivity contribution in [3.63, 3.8) is 0 Å². The highest BCUT2D eigenvalue weighted by Gasteiger charge is 2.24. The number of anilines is 1. The van der Waals surface area contributed by atoms with Crippen molar-refractivity contribution in [3.8, 4) is 0 Å². The van der Waals surface area contributed by atoms with E-state index in [1.165, 1.54) is 11.3 Å². The predicted molar refractivity (Wildman–Crippen MR) is 80.2 cm³/mol. The van der Waals surface area contributed by atoms with Crippen molar-refractivity contribution >= 4 is 17.6 Å². The van der Waals surface area contributed by atoms with E-state index in [1.54, 1.807) is 0 Å². The molecule has 0 saturated heterocycles. The van der Waals surface area contributed by atoms with Crippen LogP contribution in [0, 0.1) is 0 Å². The van der Waals surface area contributed by atoms with Gasteiger partial charge in [0, 0.05) is 31.9 Å². The molecule has 1 aliphatic heterocycles. The van der Waals surface area contributed by atoms with Gasteiger partial charge in [-0.3, -0.25) is 14.5 Å². The first-order valence-electron chi connectivity index (χ1n) is 6.99. The zero-order chi connectivity index (χ0) is 15.4. The number of aliphatic carboxylic acids is 1. The molecule has 1 aromatic carbocycles. The molecular weight excluding hydrogens is 270 g/mol. The number of nitrogens with zero attached hydrogens (tertiary/aromatic N) is 2. The number of amides is 1. The number of fused-ring (bicyclic) bond motifs is 1. The lowest BCUT2D eigenvalue weighted by Crippen LogP contribution is -2.44. The van der Waals surface area contributed by atoms with Crippen molar-refractivity contribution < 1.29 is 14.7 Å². The van der Waals surface area contributed by atoms with Gasteiger partial charge in [0.1, 0.15) is 6.54 Å². The fourth-order valence-electron chi connectivity index (χ4n) is 2.63. The van der Waals surface area contributed by atoms with Gasteiger partial charge in [-0.2, -0.15) is 0 Å². The number of carbonyl (C=O) groups is 2. The highest BCUT2D eigenvalue weighted by molar-refractivity contribution is 5.82. The highest BCUT2D eigenvalue weighted by atomic mass is 16.4. The number of hydrogen-bond donors (Lipinski definition) is 2. The molecule has 1 atom stereocenters. The molecule has 0 fully saturated rings. The third-order valence-corrected chi connectivity index (χ3v) is 3.72. The summed E-state index contributed by atoms with van der Waals surface area (Å²) in [4.78, 5) is 26.6. The lowest BCUT2D eigenvalue weighted by molar-refractivity contribution is -0.138. The van der Waals surface area contributed by atoms with Gasteiger partial charge in [0.2, 0.25) is 5.91 Å². The summed E-state index contributed by atoms with van der Waals surface area (Å²) in [6, 6.07) is 8.35. The average Bonchev–Trinajstić information content (AvgIpc) is 2.55. The molecule has 1 amide bonds. The van der Waals surface area contributed by atoms with Crippen LogP contribution >= 0.6 is 0 Å². The molecule has 21 heavy (non-hydrogen) atoms. The maximum Gasteiger partial charge on any atom is 0.322 e. The Bertz CT molecular complexity index is 533. The summed E-state index contributed by atoms with van der Waals surface area (Å²) in [5, 5.41) is 11.0. The van der Waals surface area contributed by atoms with Gasteiger partial charge in [-0.1, -0.05) is 18.2 Å². The molecule has 0 aromatic heterocycles. The molecule has 0 radical (unpaired) electrons. The summed E-state index contributed by atoms with van der Waals surface area (Å²) in [5.41, 5.74) is 2.35. The molecule has 2 N–H and O–H groups in total. The molecule has 1 aliphatic rings. The molecule has 1 heterocycles. The van der Waals surface area contributed by atoms with Crippen molar-refractivity contribution in [2.45, 2.75) is 19.5 Å². The predicted octanol–water partition coefficient (Wildman–Crippen LogP) is 0.528. The van der Waals surface area contributed by atoms with Crippen LogP contribution in [-0.2, 0) is 16.1 Å². The first-order valence-corrected chi connectivity index (χ1v) is 6.99. The minimum absolute atomic E-state index is 0.205. The van der Waals surface area contributed by atoms with Crippen LogP contribution in [0.15, 0.2) is 24.3 Å². The number of hydrogen-bond acceptors (Lipinski definition) is 4. The molecule has 0 bridgehead atoms. The van der Waals surface area contributed by atoms with Crippen LogP contribution in [0.5, 0.6) is 0 Å². The van der Waals surface area contributed by atoms with E-state index in [4.69, 9.17) is 5.11 Å². The molecule has 1 aromatic rings. The Balaban J connectivity index is 2.06. The Morgan fingerprint density at radius 2 is 2.10 bits per heavy atom. The topological polar surface area (TPSA) is 72.9 Å². The van der Waals surface area contributed by atoms with Gasteiger partial charge < -0.3 is 15.3 Å². The second-order valence-corrected chi connectivity index (χ2v) is 5.43. The number of carboxylic acids is 1. The van der Waals surface area contributed by atoms with Crippen molar-refractivity contribution in [1.82, 2.24) is 10.2 Å². The maximum atomic E-state index is 11.8. The monoisotopic (exact) mass is 291 g/mol. The van der Waals surface area contributed by atoms with E-state index in [-0.39, 0.29) is 25.0 Å². The van der Waals surface area contributed by atoms with Crippen LogP contribution in [0.2, 0.25) is 0 Å². The summed E-state index contributed by atoms with van der Waals surface area (Å²) in [6.07, 6.45) is 0. The highest BCUT2D eigenvalue weighted by Crippen LogP contribution is 2.25. The number of carboxylic acid groups (broad SMARTS) is 1. The van der Waals surface area contributed by atoms with Gasteiger partial charge in [-0.15, -0.1) is 0 Å². The Labute approximate surface area is 124 Å².